The second kappa shape index (κ2) is 7.67. The van der Waals surface area contributed by atoms with E-state index in [4.69, 9.17) is 10.6 Å². The van der Waals surface area contributed by atoms with Crippen molar-refractivity contribution in [1.29, 1.82) is 0 Å². The number of nitrogens with two attached hydrogens (primary N) is 1. The van der Waals surface area contributed by atoms with Gasteiger partial charge in [0.15, 0.2) is 6.04 Å². The van der Waals surface area contributed by atoms with Crippen LogP contribution in [0.15, 0.2) is 18.3 Å². The van der Waals surface area contributed by atoms with Crippen molar-refractivity contribution in [2.45, 2.75) is 51.1 Å². The standard InChI is InChI=1S/C16H24F3N5O2/c1-15(2,3)26-14(25)24(11-6-7-21-9-11)13(16(17,18)19)10-4-5-12(23-20)22-8-10/h4-5,8,11,13,21H,6-7,9,20H2,1-3H3,(H,22,23)/t11?,13-/m1/s1. The van der Waals surface area contributed by atoms with Crippen LogP contribution in [0.2, 0.25) is 0 Å². The molecular formula is C16H24F3N5O2. The van der Waals surface area contributed by atoms with Crippen LogP contribution in [0.5, 0.6) is 0 Å². The number of rotatable bonds is 4. The van der Waals surface area contributed by atoms with Crippen LogP contribution in [0, 0.1) is 0 Å². The number of hydrazine groups is 1. The minimum atomic E-state index is -4.70. The van der Waals surface area contributed by atoms with Gasteiger partial charge in [0.05, 0.1) is 0 Å². The first-order valence-electron chi connectivity index (χ1n) is 8.24. The molecule has 7 nitrogen and oxygen atoms in total. The molecule has 2 rings (SSSR count). The third kappa shape index (κ3) is 4.98. The number of amides is 1. The fourth-order valence-corrected chi connectivity index (χ4v) is 2.82. The molecular weight excluding hydrogens is 351 g/mol. The number of nitrogen functional groups attached to an aromatic ring is 1. The largest absolute Gasteiger partial charge is 0.444 e. The van der Waals surface area contributed by atoms with Gasteiger partial charge >= 0.3 is 12.3 Å². The zero-order valence-electron chi connectivity index (χ0n) is 14.9. The molecule has 1 aromatic rings. The molecule has 10 heteroatoms. The van der Waals surface area contributed by atoms with E-state index in [1.54, 1.807) is 20.8 Å². The summed E-state index contributed by atoms with van der Waals surface area (Å²) in [4.78, 5) is 17.3. The van der Waals surface area contributed by atoms with E-state index in [0.717, 1.165) is 11.1 Å². The molecule has 0 aromatic carbocycles. The molecule has 1 saturated heterocycles. The van der Waals surface area contributed by atoms with Crippen molar-refractivity contribution >= 4 is 11.9 Å². The topological polar surface area (TPSA) is 92.5 Å². The number of nitrogens with zero attached hydrogens (tertiary/aromatic N) is 2. The zero-order chi connectivity index (χ0) is 19.5. The summed E-state index contributed by atoms with van der Waals surface area (Å²) >= 11 is 0. The lowest BCUT2D eigenvalue weighted by atomic mass is 10.0. The van der Waals surface area contributed by atoms with Crippen LogP contribution in [-0.2, 0) is 4.74 Å². The van der Waals surface area contributed by atoms with E-state index >= 15 is 0 Å². The average molecular weight is 375 g/mol. The second-order valence-electron chi connectivity index (χ2n) is 7.10. The number of hydrogen-bond donors (Lipinski definition) is 3. The Kier molecular flexibility index (Phi) is 5.97. The number of carbonyl (C=O) groups excluding carboxylic acids is 1. The maximum Gasteiger partial charge on any atom is 0.413 e. The number of aromatic nitrogens is 1. The molecule has 2 atom stereocenters. The van der Waals surface area contributed by atoms with Crippen molar-refractivity contribution in [2.24, 2.45) is 5.84 Å². The lowest BCUT2D eigenvalue weighted by molar-refractivity contribution is -0.188. The molecule has 146 valence electrons. The Morgan fingerprint density at radius 1 is 1.42 bits per heavy atom. The van der Waals surface area contributed by atoms with Crippen LogP contribution in [-0.4, -0.2) is 46.9 Å². The molecule has 2 heterocycles. The first-order chi connectivity index (χ1) is 12.0. The molecule has 4 N–H and O–H groups in total. The Balaban J connectivity index is 2.45. The highest BCUT2D eigenvalue weighted by atomic mass is 19.4. The number of anilines is 1. The molecule has 26 heavy (non-hydrogen) atoms. The number of pyridine rings is 1. The highest BCUT2D eigenvalue weighted by Crippen LogP contribution is 2.40. The quantitative estimate of drug-likeness (QED) is 0.553. The molecule has 1 fully saturated rings. The minimum absolute atomic E-state index is 0.158. The van der Waals surface area contributed by atoms with Crippen molar-refractivity contribution in [3.63, 3.8) is 0 Å². The van der Waals surface area contributed by atoms with Gasteiger partial charge in [-0.05, 0) is 39.8 Å². The van der Waals surface area contributed by atoms with Crippen LogP contribution in [0.25, 0.3) is 0 Å². The Bertz CT molecular complexity index is 610. The minimum Gasteiger partial charge on any atom is -0.444 e. The van der Waals surface area contributed by atoms with Gasteiger partial charge in [-0.1, -0.05) is 6.07 Å². The smallest absolute Gasteiger partial charge is 0.413 e. The van der Waals surface area contributed by atoms with E-state index in [0.29, 0.717) is 13.0 Å². The molecule has 0 bridgehead atoms. The fraction of sp³-hybridized carbons (Fsp3) is 0.625. The summed E-state index contributed by atoms with van der Waals surface area (Å²) < 4.78 is 47.1. The third-order valence-corrected chi connectivity index (χ3v) is 3.87. The Labute approximate surface area is 150 Å². The van der Waals surface area contributed by atoms with Gasteiger partial charge in [0, 0.05) is 24.3 Å². The number of carbonyl (C=O) groups is 1. The van der Waals surface area contributed by atoms with E-state index in [2.05, 4.69) is 15.7 Å². The maximum absolute atomic E-state index is 13.9. The van der Waals surface area contributed by atoms with Gasteiger partial charge in [0.25, 0.3) is 0 Å². The van der Waals surface area contributed by atoms with Crippen molar-refractivity contribution < 1.29 is 22.7 Å². The normalized spacial score (nSPS) is 19.1. The van der Waals surface area contributed by atoms with Crippen LogP contribution < -0.4 is 16.6 Å². The summed E-state index contributed by atoms with van der Waals surface area (Å²) in [6, 6.07) is -0.223. The van der Waals surface area contributed by atoms with Gasteiger partial charge in [-0.15, -0.1) is 0 Å². The average Bonchev–Trinajstić information content (AvgIpc) is 3.03. The first-order valence-corrected chi connectivity index (χ1v) is 8.24. The van der Waals surface area contributed by atoms with Gasteiger partial charge in [0.1, 0.15) is 11.4 Å². The van der Waals surface area contributed by atoms with Gasteiger partial charge in [-0.25, -0.2) is 15.6 Å². The van der Waals surface area contributed by atoms with E-state index in [1.165, 1.54) is 12.1 Å². The number of alkyl halides is 3. The lowest BCUT2D eigenvalue weighted by Crippen LogP contribution is -2.50. The fourth-order valence-electron chi connectivity index (χ4n) is 2.82. The molecule has 0 spiro atoms. The SMILES string of the molecule is CC(C)(C)OC(=O)N(C1CCNC1)[C@H](c1ccc(NN)nc1)C(F)(F)F. The number of hydrogen-bond acceptors (Lipinski definition) is 6. The summed E-state index contributed by atoms with van der Waals surface area (Å²) in [5.74, 6) is 5.43. The van der Waals surface area contributed by atoms with Crippen LogP contribution in [0.1, 0.15) is 38.8 Å². The Morgan fingerprint density at radius 3 is 2.54 bits per heavy atom. The highest BCUT2D eigenvalue weighted by Gasteiger charge is 2.50. The summed E-state index contributed by atoms with van der Waals surface area (Å²) in [5, 5.41) is 2.99. The molecule has 1 amide bonds. The predicted molar refractivity (Wildman–Crippen MR) is 90.2 cm³/mol. The predicted octanol–water partition coefficient (Wildman–Crippen LogP) is 2.57. The van der Waals surface area contributed by atoms with Gasteiger partial charge in [-0.3, -0.25) is 4.90 Å². The Hall–Kier alpha value is -2.07. The molecule has 0 saturated carbocycles. The summed E-state index contributed by atoms with van der Waals surface area (Å²) in [7, 11) is 0. The van der Waals surface area contributed by atoms with E-state index < -0.39 is 30.0 Å². The molecule has 1 unspecified atom stereocenters. The number of halogens is 3. The summed E-state index contributed by atoms with van der Waals surface area (Å²) in [6.45, 7) is 5.63. The van der Waals surface area contributed by atoms with Gasteiger partial charge in [-0.2, -0.15) is 13.2 Å². The highest BCUT2D eigenvalue weighted by molar-refractivity contribution is 5.69. The van der Waals surface area contributed by atoms with Crippen molar-refractivity contribution in [3.8, 4) is 0 Å². The van der Waals surface area contributed by atoms with Crippen molar-refractivity contribution in [2.75, 3.05) is 18.5 Å². The summed E-state index contributed by atoms with van der Waals surface area (Å²) in [6.07, 6.45) is -4.23. The third-order valence-electron chi connectivity index (χ3n) is 3.87. The second-order valence-corrected chi connectivity index (χ2v) is 7.10. The molecule has 1 aromatic heterocycles. The van der Waals surface area contributed by atoms with Gasteiger partial charge < -0.3 is 15.5 Å². The van der Waals surface area contributed by atoms with E-state index in [-0.39, 0.29) is 17.9 Å². The Morgan fingerprint density at radius 2 is 2.12 bits per heavy atom. The van der Waals surface area contributed by atoms with Crippen molar-refractivity contribution in [1.82, 2.24) is 15.2 Å². The van der Waals surface area contributed by atoms with E-state index in [1.807, 2.05) is 0 Å². The van der Waals surface area contributed by atoms with Gasteiger partial charge in [0.2, 0.25) is 0 Å². The first kappa shape index (κ1) is 20.2. The lowest BCUT2D eigenvalue weighted by Gasteiger charge is -2.38. The van der Waals surface area contributed by atoms with E-state index in [9.17, 15) is 18.0 Å². The molecule has 1 aliphatic heterocycles. The zero-order valence-corrected chi connectivity index (χ0v) is 14.9. The van der Waals surface area contributed by atoms with Crippen LogP contribution >= 0.6 is 0 Å². The van der Waals surface area contributed by atoms with Crippen LogP contribution in [0.3, 0.4) is 0 Å². The molecule has 0 aliphatic carbocycles. The molecule has 0 radical (unpaired) electrons. The maximum atomic E-state index is 13.9. The molecule has 1 aliphatic rings. The van der Waals surface area contributed by atoms with Crippen LogP contribution in [0.4, 0.5) is 23.8 Å². The summed E-state index contributed by atoms with van der Waals surface area (Å²) in [5.41, 5.74) is 1.19. The van der Waals surface area contributed by atoms with Crippen molar-refractivity contribution in [3.05, 3.63) is 23.9 Å². The monoisotopic (exact) mass is 375 g/mol. The number of ether oxygens (including phenoxy) is 1. The number of nitrogens with one attached hydrogen (secondary N) is 2.